The second-order valence-corrected chi connectivity index (χ2v) is 7.92. The van der Waals surface area contributed by atoms with Gasteiger partial charge in [0.05, 0.1) is 17.2 Å². The lowest BCUT2D eigenvalue weighted by Gasteiger charge is -2.25. The summed E-state index contributed by atoms with van der Waals surface area (Å²) in [5.41, 5.74) is 11.2. The number of rotatable bonds is 5. The minimum atomic E-state index is -0.330. The fourth-order valence-corrected chi connectivity index (χ4v) is 4.36. The van der Waals surface area contributed by atoms with Gasteiger partial charge in [-0.3, -0.25) is 9.55 Å². The first kappa shape index (κ1) is 20.5. The third kappa shape index (κ3) is 3.44. The predicted octanol–water partition coefficient (Wildman–Crippen LogP) is 3.84. The number of allylic oxidation sites excluding steroid dienone is 1. The van der Waals surface area contributed by atoms with E-state index in [2.05, 4.69) is 28.1 Å². The van der Waals surface area contributed by atoms with Crippen molar-refractivity contribution in [1.82, 2.24) is 24.3 Å². The molecule has 1 aromatic carbocycles. The van der Waals surface area contributed by atoms with E-state index >= 15 is 0 Å². The van der Waals surface area contributed by atoms with E-state index in [1.807, 2.05) is 54.2 Å². The fourth-order valence-electron chi connectivity index (χ4n) is 4.36. The van der Waals surface area contributed by atoms with Gasteiger partial charge < -0.3 is 10.5 Å². The van der Waals surface area contributed by atoms with E-state index in [1.165, 1.54) is 0 Å². The molecule has 0 amide bonds. The van der Waals surface area contributed by atoms with Crippen LogP contribution in [0.5, 0.6) is 5.88 Å². The number of nitriles is 1. The molecule has 0 fully saturated rings. The van der Waals surface area contributed by atoms with Gasteiger partial charge in [-0.25, -0.2) is 9.67 Å². The van der Waals surface area contributed by atoms with E-state index in [4.69, 9.17) is 10.5 Å². The molecule has 8 heteroatoms. The molecule has 4 aromatic rings. The molecule has 1 aliphatic rings. The SMILES string of the molecule is CCCc1nn(C)c2c1C(c1ccc(-n3ccnc3-c3cccnc3)cc1)C(C#N)=C(N)O2. The Bertz CT molecular complexity index is 1370. The molecule has 2 N–H and O–H groups in total. The van der Waals surface area contributed by atoms with Crippen LogP contribution in [0.15, 0.2) is 72.6 Å². The molecule has 4 heterocycles. The number of hydrogen-bond acceptors (Lipinski definition) is 6. The Balaban J connectivity index is 1.58. The minimum absolute atomic E-state index is 0.124. The van der Waals surface area contributed by atoms with Gasteiger partial charge in [0.1, 0.15) is 17.5 Å². The Labute approximate surface area is 191 Å². The molecule has 8 nitrogen and oxygen atoms in total. The van der Waals surface area contributed by atoms with E-state index in [0.717, 1.165) is 46.7 Å². The van der Waals surface area contributed by atoms with Crippen LogP contribution in [0, 0.1) is 11.3 Å². The number of ether oxygens (including phenoxy) is 1. The predicted molar refractivity (Wildman–Crippen MR) is 123 cm³/mol. The van der Waals surface area contributed by atoms with Gasteiger partial charge in [-0.05, 0) is 36.2 Å². The van der Waals surface area contributed by atoms with Gasteiger partial charge in [0.2, 0.25) is 11.8 Å². The van der Waals surface area contributed by atoms with E-state index in [0.29, 0.717) is 11.5 Å². The van der Waals surface area contributed by atoms with E-state index in [1.54, 1.807) is 23.3 Å². The molecule has 1 atom stereocenters. The molecular formula is C25H23N7O. The van der Waals surface area contributed by atoms with Crippen molar-refractivity contribution in [1.29, 1.82) is 5.26 Å². The van der Waals surface area contributed by atoms with Crippen LogP contribution in [0.2, 0.25) is 0 Å². The lowest BCUT2D eigenvalue weighted by atomic mass is 9.83. The maximum absolute atomic E-state index is 9.90. The van der Waals surface area contributed by atoms with Crippen LogP contribution in [0.25, 0.3) is 17.1 Å². The first-order chi connectivity index (χ1) is 16.1. The smallest absolute Gasteiger partial charge is 0.224 e. The molecule has 1 aliphatic heterocycles. The standard InChI is InChI=1S/C25H23N7O/c1-3-5-20-22-21(19(14-26)23(27)33-25(22)31(2)30-20)16-7-9-18(10-8-16)32-13-12-29-24(32)17-6-4-11-28-15-17/h4,6-13,15,21H,3,5,27H2,1-2H3. The number of imidazole rings is 1. The molecule has 33 heavy (non-hydrogen) atoms. The summed E-state index contributed by atoms with van der Waals surface area (Å²) in [4.78, 5) is 8.70. The van der Waals surface area contributed by atoms with Crippen molar-refractivity contribution in [3.8, 4) is 29.0 Å². The molecule has 0 radical (unpaired) electrons. The average Bonchev–Trinajstić information content (AvgIpc) is 3.44. The summed E-state index contributed by atoms with van der Waals surface area (Å²) in [5.74, 6) is 1.20. The van der Waals surface area contributed by atoms with Crippen molar-refractivity contribution in [2.24, 2.45) is 12.8 Å². The highest BCUT2D eigenvalue weighted by molar-refractivity contribution is 5.59. The van der Waals surface area contributed by atoms with Crippen LogP contribution in [-0.2, 0) is 13.5 Å². The summed E-state index contributed by atoms with van der Waals surface area (Å²) in [6, 6.07) is 14.2. The topological polar surface area (TPSA) is 108 Å². The average molecular weight is 438 g/mol. The Hall–Kier alpha value is -4.38. The Kier molecular flexibility index (Phi) is 5.15. The van der Waals surface area contributed by atoms with Crippen LogP contribution in [-0.4, -0.2) is 24.3 Å². The second kappa shape index (κ2) is 8.28. The molecule has 0 bridgehead atoms. The number of hydrogen-bond donors (Lipinski definition) is 1. The summed E-state index contributed by atoms with van der Waals surface area (Å²) in [6.45, 7) is 2.11. The second-order valence-electron chi connectivity index (χ2n) is 7.92. The van der Waals surface area contributed by atoms with Gasteiger partial charge in [-0.15, -0.1) is 0 Å². The molecule has 1 unspecified atom stereocenters. The minimum Gasteiger partial charge on any atom is -0.422 e. The first-order valence-corrected chi connectivity index (χ1v) is 10.8. The highest BCUT2D eigenvalue weighted by Crippen LogP contribution is 2.44. The Morgan fingerprint density at radius 2 is 2.00 bits per heavy atom. The van der Waals surface area contributed by atoms with Crippen molar-refractivity contribution in [2.75, 3.05) is 0 Å². The molecule has 3 aromatic heterocycles. The molecule has 164 valence electrons. The largest absolute Gasteiger partial charge is 0.422 e. The van der Waals surface area contributed by atoms with Crippen LogP contribution >= 0.6 is 0 Å². The molecule has 0 aliphatic carbocycles. The monoisotopic (exact) mass is 437 g/mol. The van der Waals surface area contributed by atoms with Gasteiger partial charge in [0, 0.05) is 43.1 Å². The van der Waals surface area contributed by atoms with Crippen LogP contribution in [0.3, 0.4) is 0 Å². The lowest BCUT2D eigenvalue weighted by molar-refractivity contribution is 0.358. The lowest BCUT2D eigenvalue weighted by Crippen LogP contribution is -2.22. The molecule has 0 saturated carbocycles. The normalized spacial score (nSPS) is 15.1. The third-order valence-electron chi connectivity index (χ3n) is 5.83. The molecule has 0 saturated heterocycles. The number of pyridine rings is 1. The number of benzene rings is 1. The summed E-state index contributed by atoms with van der Waals surface area (Å²) in [6.07, 6.45) is 8.96. The zero-order chi connectivity index (χ0) is 22.9. The van der Waals surface area contributed by atoms with Crippen LogP contribution in [0.1, 0.15) is 36.1 Å². The van der Waals surface area contributed by atoms with Crippen molar-refractivity contribution < 1.29 is 4.74 Å². The number of nitrogens with zero attached hydrogens (tertiary/aromatic N) is 6. The van der Waals surface area contributed by atoms with Gasteiger partial charge in [-0.2, -0.15) is 10.4 Å². The van der Waals surface area contributed by atoms with Gasteiger partial charge in [0.25, 0.3) is 0 Å². The van der Waals surface area contributed by atoms with Crippen LogP contribution in [0.4, 0.5) is 0 Å². The quantitative estimate of drug-likeness (QED) is 0.508. The van der Waals surface area contributed by atoms with Gasteiger partial charge >= 0.3 is 0 Å². The molecular weight excluding hydrogens is 414 g/mol. The summed E-state index contributed by atoms with van der Waals surface area (Å²) < 4.78 is 9.52. The van der Waals surface area contributed by atoms with Crippen LogP contribution < -0.4 is 10.5 Å². The number of nitrogens with two attached hydrogens (primary N) is 1. The maximum atomic E-state index is 9.90. The molecule has 0 spiro atoms. The van der Waals surface area contributed by atoms with Crippen molar-refractivity contribution in [3.63, 3.8) is 0 Å². The third-order valence-corrected chi connectivity index (χ3v) is 5.83. The van der Waals surface area contributed by atoms with Crippen molar-refractivity contribution >= 4 is 0 Å². The Morgan fingerprint density at radius 3 is 2.70 bits per heavy atom. The van der Waals surface area contributed by atoms with E-state index in [9.17, 15) is 5.26 Å². The van der Waals surface area contributed by atoms with Gasteiger partial charge in [-0.1, -0.05) is 25.5 Å². The van der Waals surface area contributed by atoms with Gasteiger partial charge in [0.15, 0.2) is 0 Å². The molecule has 5 rings (SSSR count). The fraction of sp³-hybridized carbons (Fsp3) is 0.200. The van der Waals surface area contributed by atoms with E-state index < -0.39 is 0 Å². The first-order valence-electron chi connectivity index (χ1n) is 10.8. The zero-order valence-electron chi connectivity index (χ0n) is 18.4. The summed E-state index contributed by atoms with van der Waals surface area (Å²) in [5, 5.41) is 14.5. The Morgan fingerprint density at radius 1 is 1.18 bits per heavy atom. The maximum Gasteiger partial charge on any atom is 0.224 e. The summed E-state index contributed by atoms with van der Waals surface area (Å²) in [7, 11) is 1.84. The zero-order valence-corrected chi connectivity index (χ0v) is 18.4. The van der Waals surface area contributed by atoms with E-state index in [-0.39, 0.29) is 11.8 Å². The highest BCUT2D eigenvalue weighted by Gasteiger charge is 2.35. The number of fused-ring (bicyclic) bond motifs is 1. The number of aromatic nitrogens is 5. The van der Waals surface area contributed by atoms with Crippen molar-refractivity contribution in [2.45, 2.75) is 25.7 Å². The van der Waals surface area contributed by atoms with Crippen molar-refractivity contribution in [3.05, 3.63) is 89.5 Å². The highest BCUT2D eigenvalue weighted by atomic mass is 16.5. The summed E-state index contributed by atoms with van der Waals surface area (Å²) >= 11 is 0. The number of aryl methyl sites for hydroxylation is 2.